The van der Waals surface area contributed by atoms with Crippen molar-refractivity contribution < 1.29 is 27.2 Å². The van der Waals surface area contributed by atoms with E-state index in [2.05, 4.69) is 10.6 Å². The molecule has 9 heteroatoms. The van der Waals surface area contributed by atoms with E-state index in [-0.39, 0.29) is 30.8 Å². The van der Waals surface area contributed by atoms with E-state index in [4.69, 9.17) is 4.42 Å². The fraction of sp³-hybridized carbons (Fsp3) is 0.231. The molecule has 0 unspecified atom stereocenters. The van der Waals surface area contributed by atoms with Crippen LogP contribution < -0.4 is 10.6 Å². The molecule has 2 aromatic heterocycles. The summed E-state index contributed by atoms with van der Waals surface area (Å²) < 4.78 is 45.9. The maximum absolute atomic E-state index is 13.1. The maximum Gasteiger partial charge on any atom is 0.416 e. The highest BCUT2D eigenvalue weighted by Crippen LogP contribution is 2.30. The van der Waals surface area contributed by atoms with Gasteiger partial charge in [0.05, 0.1) is 18.4 Å². The summed E-state index contributed by atoms with van der Waals surface area (Å²) in [6.07, 6.45) is -2.91. The van der Waals surface area contributed by atoms with Crippen LogP contribution in [-0.4, -0.2) is 16.4 Å². The topological polar surface area (TPSA) is 76.3 Å². The van der Waals surface area contributed by atoms with Gasteiger partial charge in [-0.25, -0.2) is 0 Å². The van der Waals surface area contributed by atoms with Crippen LogP contribution >= 0.6 is 0 Å². The van der Waals surface area contributed by atoms with Crippen LogP contribution in [0.4, 0.5) is 18.9 Å². The predicted molar refractivity (Wildman–Crippen MR) is 126 cm³/mol. The number of carbonyl (C=O) groups is 2. The Balaban J connectivity index is 1.68. The lowest BCUT2D eigenvalue weighted by atomic mass is 10.1. The first-order chi connectivity index (χ1) is 16.6. The summed E-state index contributed by atoms with van der Waals surface area (Å²) >= 11 is 0. The monoisotopic (exact) mass is 483 g/mol. The van der Waals surface area contributed by atoms with Crippen molar-refractivity contribution in [3.63, 3.8) is 0 Å². The zero-order valence-electron chi connectivity index (χ0n) is 19.1. The van der Waals surface area contributed by atoms with Gasteiger partial charge in [0.15, 0.2) is 0 Å². The summed E-state index contributed by atoms with van der Waals surface area (Å²) in [5.41, 5.74) is 1.49. The number of furan rings is 1. The SMILES string of the molecule is CC(C)C(=O)Nc1ccc2c(c1)cc(C(=O)NCc1ccco1)n2Cc1ccc(C(F)(F)F)cc1. The molecule has 4 rings (SSSR count). The quantitative estimate of drug-likeness (QED) is 0.348. The zero-order chi connectivity index (χ0) is 25.2. The number of hydrogen-bond donors (Lipinski definition) is 2. The number of anilines is 1. The second-order valence-electron chi connectivity index (χ2n) is 8.49. The van der Waals surface area contributed by atoms with Crippen LogP contribution in [0, 0.1) is 5.92 Å². The molecule has 0 aliphatic carbocycles. The summed E-state index contributed by atoms with van der Waals surface area (Å²) in [5, 5.41) is 6.35. The largest absolute Gasteiger partial charge is 0.467 e. The number of amides is 2. The van der Waals surface area contributed by atoms with Crippen LogP contribution in [-0.2, 0) is 24.1 Å². The molecule has 0 aliphatic rings. The first kappa shape index (κ1) is 24.1. The van der Waals surface area contributed by atoms with Gasteiger partial charge in [0, 0.05) is 29.1 Å². The van der Waals surface area contributed by atoms with Crippen molar-refractivity contribution in [1.29, 1.82) is 0 Å². The van der Waals surface area contributed by atoms with Gasteiger partial charge in [-0.3, -0.25) is 9.59 Å². The first-order valence-electron chi connectivity index (χ1n) is 11.0. The van der Waals surface area contributed by atoms with E-state index in [0.29, 0.717) is 33.6 Å². The second-order valence-corrected chi connectivity index (χ2v) is 8.49. The average molecular weight is 483 g/mol. The molecule has 0 radical (unpaired) electrons. The Labute approximate surface area is 199 Å². The normalized spacial score (nSPS) is 11.7. The number of hydrogen-bond acceptors (Lipinski definition) is 3. The van der Waals surface area contributed by atoms with Gasteiger partial charge in [-0.05, 0) is 54.1 Å². The third-order valence-electron chi connectivity index (χ3n) is 5.55. The van der Waals surface area contributed by atoms with Crippen LogP contribution in [0.5, 0.6) is 0 Å². The molecular weight excluding hydrogens is 459 g/mol. The van der Waals surface area contributed by atoms with Gasteiger partial charge in [0.1, 0.15) is 11.5 Å². The summed E-state index contributed by atoms with van der Waals surface area (Å²) in [5.74, 6) is -0.109. The molecule has 4 aromatic rings. The number of benzene rings is 2. The van der Waals surface area contributed by atoms with Gasteiger partial charge in [0.25, 0.3) is 5.91 Å². The molecule has 0 aliphatic heterocycles. The molecule has 2 amide bonds. The Morgan fingerprint density at radius 1 is 1.03 bits per heavy atom. The highest BCUT2D eigenvalue weighted by atomic mass is 19.4. The fourth-order valence-electron chi connectivity index (χ4n) is 3.65. The minimum atomic E-state index is -4.42. The molecule has 0 saturated carbocycles. The minimum Gasteiger partial charge on any atom is -0.467 e. The highest BCUT2D eigenvalue weighted by molar-refractivity contribution is 6.00. The lowest BCUT2D eigenvalue weighted by Crippen LogP contribution is -2.25. The molecule has 0 saturated heterocycles. The van der Waals surface area contributed by atoms with E-state index in [0.717, 1.165) is 12.1 Å². The number of aromatic nitrogens is 1. The van der Waals surface area contributed by atoms with E-state index < -0.39 is 11.7 Å². The van der Waals surface area contributed by atoms with Gasteiger partial charge in [-0.1, -0.05) is 26.0 Å². The van der Waals surface area contributed by atoms with Crippen LogP contribution in [0.15, 0.2) is 71.3 Å². The highest BCUT2D eigenvalue weighted by Gasteiger charge is 2.30. The van der Waals surface area contributed by atoms with E-state index in [9.17, 15) is 22.8 Å². The number of alkyl halides is 3. The van der Waals surface area contributed by atoms with Gasteiger partial charge >= 0.3 is 6.18 Å². The summed E-state index contributed by atoms with van der Waals surface area (Å²) in [7, 11) is 0. The Hall–Kier alpha value is -4.01. The van der Waals surface area contributed by atoms with Crippen molar-refractivity contribution in [2.75, 3.05) is 5.32 Å². The molecule has 35 heavy (non-hydrogen) atoms. The number of rotatable bonds is 7. The molecular formula is C26H24F3N3O3. The maximum atomic E-state index is 13.1. The molecule has 2 N–H and O–H groups in total. The molecule has 0 spiro atoms. The Kier molecular flexibility index (Phi) is 6.68. The fourth-order valence-corrected chi connectivity index (χ4v) is 3.65. The van der Waals surface area contributed by atoms with Gasteiger partial charge in [0.2, 0.25) is 5.91 Å². The first-order valence-corrected chi connectivity index (χ1v) is 11.0. The van der Waals surface area contributed by atoms with Crippen LogP contribution in [0.3, 0.4) is 0 Å². The molecule has 2 heterocycles. The van der Waals surface area contributed by atoms with Crippen molar-refractivity contribution in [1.82, 2.24) is 9.88 Å². The number of nitrogens with zero attached hydrogens (tertiary/aromatic N) is 1. The summed E-state index contributed by atoms with van der Waals surface area (Å²) in [6, 6.07) is 15.3. The standard InChI is InChI=1S/C26H24F3N3O3/c1-16(2)24(33)31-20-9-10-22-18(12-20)13-23(25(34)30-14-21-4-3-11-35-21)32(22)15-17-5-7-19(8-6-17)26(27,28)29/h3-13,16H,14-15H2,1-2H3,(H,30,34)(H,31,33). The molecule has 0 bridgehead atoms. The number of halogens is 3. The van der Waals surface area contributed by atoms with Gasteiger partial charge in [-0.2, -0.15) is 13.2 Å². The van der Waals surface area contributed by atoms with Gasteiger partial charge < -0.3 is 19.6 Å². The molecule has 6 nitrogen and oxygen atoms in total. The molecule has 182 valence electrons. The third-order valence-corrected chi connectivity index (χ3v) is 5.55. The van der Waals surface area contributed by atoms with E-state index in [1.807, 2.05) is 0 Å². The number of carbonyl (C=O) groups excluding carboxylic acids is 2. The Morgan fingerprint density at radius 3 is 2.40 bits per heavy atom. The smallest absolute Gasteiger partial charge is 0.416 e. The lowest BCUT2D eigenvalue weighted by molar-refractivity contribution is -0.137. The third kappa shape index (κ3) is 5.56. The molecule has 0 atom stereocenters. The van der Waals surface area contributed by atoms with E-state index >= 15 is 0 Å². The van der Waals surface area contributed by atoms with Crippen molar-refractivity contribution in [3.05, 3.63) is 89.5 Å². The minimum absolute atomic E-state index is 0.134. The second kappa shape index (κ2) is 9.69. The van der Waals surface area contributed by atoms with Crippen molar-refractivity contribution in [3.8, 4) is 0 Å². The van der Waals surface area contributed by atoms with Crippen LogP contribution in [0.2, 0.25) is 0 Å². The lowest BCUT2D eigenvalue weighted by Gasteiger charge is -2.13. The van der Waals surface area contributed by atoms with Crippen molar-refractivity contribution in [2.45, 2.75) is 33.1 Å². The number of nitrogens with one attached hydrogen (secondary N) is 2. The summed E-state index contributed by atoms with van der Waals surface area (Å²) in [6.45, 7) is 3.94. The average Bonchev–Trinajstić information content (AvgIpc) is 3.45. The summed E-state index contributed by atoms with van der Waals surface area (Å²) in [4.78, 5) is 25.2. The van der Waals surface area contributed by atoms with Crippen molar-refractivity contribution in [2.24, 2.45) is 5.92 Å². The number of fused-ring (bicyclic) bond motifs is 1. The van der Waals surface area contributed by atoms with Crippen molar-refractivity contribution >= 4 is 28.4 Å². The Bertz CT molecular complexity index is 1340. The molecule has 2 aromatic carbocycles. The van der Waals surface area contributed by atoms with Crippen LogP contribution in [0.1, 0.15) is 41.2 Å². The van der Waals surface area contributed by atoms with Crippen LogP contribution in [0.25, 0.3) is 10.9 Å². The Morgan fingerprint density at radius 2 is 1.77 bits per heavy atom. The predicted octanol–water partition coefficient (Wildman–Crippen LogP) is 5.83. The van der Waals surface area contributed by atoms with Gasteiger partial charge in [-0.15, -0.1) is 0 Å². The van der Waals surface area contributed by atoms with E-state index in [1.54, 1.807) is 54.8 Å². The zero-order valence-corrected chi connectivity index (χ0v) is 19.1. The van der Waals surface area contributed by atoms with E-state index in [1.165, 1.54) is 18.4 Å². The molecule has 0 fully saturated rings.